The first-order chi connectivity index (χ1) is 9.88. The molecule has 106 valence electrons. The van der Waals surface area contributed by atoms with Gasteiger partial charge in [-0.05, 0) is 29.8 Å². The van der Waals surface area contributed by atoms with Gasteiger partial charge in [0.05, 0.1) is 20.2 Å². The Morgan fingerprint density at radius 3 is 2.15 bits per heavy atom. The van der Waals surface area contributed by atoms with Crippen LogP contribution < -0.4 is 14.8 Å². The van der Waals surface area contributed by atoms with E-state index in [1.807, 2.05) is 42.5 Å². The van der Waals surface area contributed by atoms with Crippen LogP contribution in [0.5, 0.6) is 11.5 Å². The Balaban J connectivity index is 1.76. The molecule has 0 unspecified atom stereocenters. The molecule has 0 spiro atoms. The lowest BCUT2D eigenvalue weighted by Crippen LogP contribution is -2.79. The predicted octanol–water partition coefficient (Wildman–Crippen LogP) is 2.23. The number of rotatable bonds is 8. The van der Waals surface area contributed by atoms with Crippen molar-refractivity contribution in [3.8, 4) is 11.5 Å². The fourth-order valence-electron chi connectivity index (χ4n) is 1.85. The molecule has 0 bridgehead atoms. The fraction of sp³-hybridized carbons (Fsp3) is 0.294. The summed E-state index contributed by atoms with van der Waals surface area (Å²) in [5.74, 6) is 1.76. The maximum absolute atomic E-state index is 5.73. The quantitative estimate of drug-likeness (QED) is 0.748. The van der Waals surface area contributed by atoms with Crippen molar-refractivity contribution < 1.29 is 14.8 Å². The molecule has 2 N–H and O–H groups in total. The topological polar surface area (TPSA) is 35.1 Å². The van der Waals surface area contributed by atoms with Crippen molar-refractivity contribution in [3.63, 3.8) is 0 Å². The molecule has 0 saturated carbocycles. The van der Waals surface area contributed by atoms with Gasteiger partial charge in [-0.3, -0.25) is 0 Å². The van der Waals surface area contributed by atoms with E-state index < -0.39 is 0 Å². The zero-order valence-corrected chi connectivity index (χ0v) is 11.9. The molecule has 0 amide bonds. The van der Waals surface area contributed by atoms with Gasteiger partial charge < -0.3 is 14.8 Å². The molecule has 0 fully saturated rings. The molecule has 20 heavy (non-hydrogen) atoms. The maximum Gasteiger partial charge on any atom is 0.120 e. The second kappa shape index (κ2) is 8.23. The van der Waals surface area contributed by atoms with Crippen LogP contribution in [-0.2, 0) is 6.61 Å². The molecule has 3 heteroatoms. The number of quaternary nitrogens is 1. The molecule has 0 aliphatic heterocycles. The summed E-state index contributed by atoms with van der Waals surface area (Å²) < 4.78 is 11.4. The van der Waals surface area contributed by atoms with Crippen molar-refractivity contribution in [2.45, 2.75) is 13.0 Å². The first-order valence-corrected chi connectivity index (χ1v) is 7.06. The summed E-state index contributed by atoms with van der Waals surface area (Å²) in [6, 6.07) is 18.0. The van der Waals surface area contributed by atoms with Gasteiger partial charge >= 0.3 is 0 Å². The normalized spacial score (nSPS) is 10.2. The molecule has 0 saturated heterocycles. The third-order valence-corrected chi connectivity index (χ3v) is 2.98. The van der Waals surface area contributed by atoms with Crippen molar-refractivity contribution >= 4 is 0 Å². The third-order valence-electron chi connectivity index (χ3n) is 2.98. The van der Waals surface area contributed by atoms with Gasteiger partial charge in [-0.25, -0.2) is 0 Å². The summed E-state index contributed by atoms with van der Waals surface area (Å²) in [5, 5.41) is 2.16. The molecule has 0 radical (unpaired) electrons. The highest BCUT2D eigenvalue weighted by Crippen LogP contribution is 2.18. The second-order valence-electron chi connectivity index (χ2n) is 4.64. The van der Waals surface area contributed by atoms with E-state index in [2.05, 4.69) is 24.5 Å². The van der Waals surface area contributed by atoms with Crippen molar-refractivity contribution in [1.82, 2.24) is 0 Å². The molecular weight excluding hydrogens is 250 g/mol. The van der Waals surface area contributed by atoms with Crippen LogP contribution in [0.1, 0.15) is 12.0 Å². The van der Waals surface area contributed by atoms with Crippen LogP contribution in [0.15, 0.2) is 54.6 Å². The van der Waals surface area contributed by atoms with E-state index in [-0.39, 0.29) is 0 Å². The maximum atomic E-state index is 5.73. The van der Waals surface area contributed by atoms with Crippen LogP contribution in [0.4, 0.5) is 0 Å². The summed E-state index contributed by atoms with van der Waals surface area (Å²) in [7, 11) is 2.07. The molecule has 0 aliphatic carbocycles. The van der Waals surface area contributed by atoms with Gasteiger partial charge in [-0.1, -0.05) is 30.3 Å². The van der Waals surface area contributed by atoms with Crippen molar-refractivity contribution in [2.75, 3.05) is 20.2 Å². The van der Waals surface area contributed by atoms with Crippen LogP contribution in [-0.4, -0.2) is 20.2 Å². The number of hydrogen-bond acceptors (Lipinski definition) is 2. The predicted molar refractivity (Wildman–Crippen MR) is 80.0 cm³/mol. The van der Waals surface area contributed by atoms with E-state index in [9.17, 15) is 0 Å². The lowest BCUT2D eigenvalue weighted by molar-refractivity contribution is -0.627. The summed E-state index contributed by atoms with van der Waals surface area (Å²) in [4.78, 5) is 0. The zero-order chi connectivity index (χ0) is 14.0. The van der Waals surface area contributed by atoms with E-state index in [1.54, 1.807) is 0 Å². The van der Waals surface area contributed by atoms with Crippen LogP contribution in [0, 0.1) is 0 Å². The van der Waals surface area contributed by atoms with Gasteiger partial charge in [0, 0.05) is 6.42 Å². The Morgan fingerprint density at radius 1 is 0.850 bits per heavy atom. The third kappa shape index (κ3) is 4.94. The van der Waals surface area contributed by atoms with Crippen LogP contribution in [0.25, 0.3) is 0 Å². The molecule has 0 aromatic heterocycles. The molecule has 2 aromatic carbocycles. The smallest absolute Gasteiger partial charge is 0.120 e. The minimum Gasteiger partial charge on any atom is -0.493 e. The summed E-state index contributed by atoms with van der Waals surface area (Å²) in [6.45, 7) is 2.44. The van der Waals surface area contributed by atoms with E-state index in [0.29, 0.717) is 6.61 Å². The number of ether oxygens (including phenoxy) is 2. The van der Waals surface area contributed by atoms with Crippen molar-refractivity contribution in [3.05, 3.63) is 60.2 Å². The van der Waals surface area contributed by atoms with E-state index in [4.69, 9.17) is 9.47 Å². The van der Waals surface area contributed by atoms with Gasteiger partial charge in [0.25, 0.3) is 0 Å². The average Bonchev–Trinajstić information content (AvgIpc) is 2.52. The highest BCUT2D eigenvalue weighted by atomic mass is 16.5. The Labute approximate surface area is 120 Å². The van der Waals surface area contributed by atoms with Crippen molar-refractivity contribution in [2.24, 2.45) is 0 Å². The van der Waals surface area contributed by atoms with Crippen LogP contribution in [0.3, 0.4) is 0 Å². The fourth-order valence-corrected chi connectivity index (χ4v) is 1.85. The Bertz CT molecular complexity index is 482. The zero-order valence-electron chi connectivity index (χ0n) is 11.9. The standard InChI is InChI=1S/C17H21NO2/c1-18-12-5-13-19-16-8-10-17(11-9-16)20-14-15-6-3-2-4-7-15/h2-4,6-11,18H,5,12-14H2,1H3/p+1. The monoisotopic (exact) mass is 272 g/mol. The molecular formula is C17H22NO2+. The lowest BCUT2D eigenvalue weighted by atomic mass is 10.2. The minimum atomic E-state index is 0.591. The molecule has 3 nitrogen and oxygen atoms in total. The van der Waals surface area contributed by atoms with Crippen molar-refractivity contribution in [1.29, 1.82) is 0 Å². The SMILES string of the molecule is C[NH2+]CCCOc1ccc(OCc2ccccc2)cc1. The lowest BCUT2D eigenvalue weighted by Gasteiger charge is -2.08. The minimum absolute atomic E-state index is 0.591. The Kier molecular flexibility index (Phi) is 5.93. The average molecular weight is 272 g/mol. The molecule has 2 aromatic rings. The summed E-state index contributed by atoms with van der Waals surface area (Å²) in [5.41, 5.74) is 1.17. The van der Waals surface area contributed by atoms with Gasteiger partial charge in [-0.2, -0.15) is 0 Å². The number of nitrogens with two attached hydrogens (primary N) is 1. The first-order valence-electron chi connectivity index (χ1n) is 7.06. The van der Waals surface area contributed by atoms with E-state index in [1.165, 1.54) is 5.56 Å². The molecule has 0 aliphatic rings. The molecule has 0 atom stereocenters. The van der Waals surface area contributed by atoms with E-state index >= 15 is 0 Å². The van der Waals surface area contributed by atoms with Gasteiger partial charge in [0.2, 0.25) is 0 Å². The van der Waals surface area contributed by atoms with Gasteiger partial charge in [0.1, 0.15) is 18.1 Å². The van der Waals surface area contributed by atoms with Crippen LogP contribution in [0.2, 0.25) is 0 Å². The largest absolute Gasteiger partial charge is 0.493 e. The summed E-state index contributed by atoms with van der Waals surface area (Å²) in [6.07, 6.45) is 1.06. The number of benzene rings is 2. The Morgan fingerprint density at radius 2 is 1.50 bits per heavy atom. The highest BCUT2D eigenvalue weighted by molar-refractivity contribution is 5.31. The van der Waals surface area contributed by atoms with Gasteiger partial charge in [-0.15, -0.1) is 0 Å². The molecule has 0 heterocycles. The van der Waals surface area contributed by atoms with Gasteiger partial charge in [0.15, 0.2) is 0 Å². The highest BCUT2D eigenvalue weighted by Gasteiger charge is 1.98. The second-order valence-corrected chi connectivity index (χ2v) is 4.64. The number of hydrogen-bond donors (Lipinski definition) is 1. The first kappa shape index (κ1) is 14.4. The Hall–Kier alpha value is -2.00. The van der Waals surface area contributed by atoms with Crippen LogP contribution >= 0.6 is 0 Å². The molecule has 2 rings (SSSR count). The van der Waals surface area contributed by atoms with E-state index in [0.717, 1.165) is 31.1 Å². The summed E-state index contributed by atoms with van der Waals surface area (Å²) >= 11 is 0.